The second-order valence-corrected chi connectivity index (χ2v) is 2.77. The lowest BCUT2D eigenvalue weighted by Crippen LogP contribution is -2.14. The fourth-order valence-electron chi connectivity index (χ4n) is 1.01. The number of rotatable bonds is 4. The lowest BCUT2D eigenvalue weighted by molar-refractivity contribution is -0.144. The second-order valence-electron chi connectivity index (χ2n) is 2.77. The number of nitrogens with zero attached hydrogens (tertiary/aromatic N) is 1. The highest BCUT2D eigenvalue weighted by Gasteiger charge is 2.02. The second kappa shape index (κ2) is 6.01. The van der Waals surface area contributed by atoms with Gasteiger partial charge in [0.05, 0.1) is 13.4 Å². The van der Waals surface area contributed by atoms with Crippen molar-refractivity contribution >= 4 is 11.8 Å². The Balaban J connectivity index is 2.06. The minimum atomic E-state index is -0.396. The Bertz CT molecular complexity index is 248. The zero-order valence-electron chi connectivity index (χ0n) is 8.16. The summed E-state index contributed by atoms with van der Waals surface area (Å²) in [6.07, 6.45) is 5.10. The Hall–Kier alpha value is -1.52. The Labute approximate surface area is 82.8 Å². The lowest BCUT2D eigenvalue weighted by atomic mass is 10.3. The van der Waals surface area contributed by atoms with Gasteiger partial charge in [-0.05, 0) is 6.42 Å². The highest BCUT2D eigenvalue weighted by Crippen LogP contribution is 2.00. The Kier molecular flexibility index (Phi) is 4.54. The maximum absolute atomic E-state index is 10.6. The van der Waals surface area contributed by atoms with E-state index < -0.39 is 5.97 Å². The summed E-state index contributed by atoms with van der Waals surface area (Å²) in [5, 5.41) is 2.97. The molecule has 1 N–H and O–H groups in total. The number of carbonyl (C=O) groups is 1. The number of hydrogen-bond donors (Lipinski definition) is 1. The predicted octanol–water partition coefficient (Wildman–Crippen LogP) is 0.429. The number of carbonyl (C=O) groups excluding carboxylic acids is 1. The van der Waals surface area contributed by atoms with Crippen LogP contribution < -0.4 is 5.32 Å². The normalized spacial score (nSPS) is 15.4. The molecule has 0 aromatic rings. The summed E-state index contributed by atoms with van der Waals surface area (Å²) < 4.78 is 9.26. The minimum absolute atomic E-state index is 0.0683. The fourth-order valence-corrected chi connectivity index (χ4v) is 1.01. The van der Waals surface area contributed by atoms with Crippen molar-refractivity contribution < 1.29 is 14.3 Å². The minimum Gasteiger partial charge on any atom is -0.488 e. The molecular weight excluding hydrogens is 184 g/mol. The van der Waals surface area contributed by atoms with Crippen LogP contribution in [0.2, 0.25) is 0 Å². The molecule has 0 bridgehead atoms. The molecule has 0 atom stereocenters. The average molecular weight is 198 g/mol. The quantitative estimate of drug-likeness (QED) is 0.525. The van der Waals surface area contributed by atoms with Crippen molar-refractivity contribution in [3.8, 4) is 0 Å². The number of esters is 1. The number of methoxy groups -OCH3 is 1. The molecule has 14 heavy (non-hydrogen) atoms. The monoisotopic (exact) mass is 198 g/mol. The van der Waals surface area contributed by atoms with Crippen molar-refractivity contribution in [2.75, 3.05) is 20.3 Å². The van der Waals surface area contributed by atoms with Gasteiger partial charge in [-0.25, -0.2) is 4.79 Å². The molecule has 0 spiro atoms. The number of hydrogen-bond acceptors (Lipinski definition) is 5. The Morgan fingerprint density at radius 1 is 1.71 bits per heavy atom. The fraction of sp³-hybridized carbons (Fsp3) is 0.556. The van der Waals surface area contributed by atoms with E-state index in [4.69, 9.17) is 4.74 Å². The molecule has 1 aliphatic heterocycles. The van der Waals surface area contributed by atoms with E-state index >= 15 is 0 Å². The molecule has 1 aliphatic rings. The summed E-state index contributed by atoms with van der Waals surface area (Å²) >= 11 is 0. The molecule has 0 aromatic carbocycles. The van der Waals surface area contributed by atoms with Crippen molar-refractivity contribution in [3.63, 3.8) is 0 Å². The number of ether oxygens (including phenoxy) is 2. The van der Waals surface area contributed by atoms with Gasteiger partial charge in [-0.3, -0.25) is 4.99 Å². The molecule has 78 valence electrons. The van der Waals surface area contributed by atoms with E-state index in [1.54, 1.807) is 6.20 Å². The van der Waals surface area contributed by atoms with Crippen molar-refractivity contribution in [2.45, 2.75) is 12.8 Å². The Morgan fingerprint density at radius 2 is 2.57 bits per heavy atom. The lowest BCUT2D eigenvalue weighted by Gasteiger charge is -1.99. The van der Waals surface area contributed by atoms with E-state index in [-0.39, 0.29) is 6.61 Å². The zero-order chi connectivity index (χ0) is 10.2. The summed E-state index contributed by atoms with van der Waals surface area (Å²) in [4.78, 5) is 14.8. The summed E-state index contributed by atoms with van der Waals surface area (Å²) in [6, 6.07) is 0. The van der Waals surface area contributed by atoms with E-state index in [0.717, 1.165) is 25.2 Å². The molecule has 0 fully saturated rings. The smallest absolute Gasteiger partial charge is 0.343 e. The van der Waals surface area contributed by atoms with Gasteiger partial charge in [-0.1, -0.05) is 0 Å². The van der Waals surface area contributed by atoms with Gasteiger partial charge in [0.15, 0.2) is 6.61 Å². The molecule has 0 saturated heterocycles. The molecule has 1 rings (SSSR count). The SMILES string of the molecule is COC(=O)COC=CNC1=NCCC1. The average Bonchev–Trinajstić information content (AvgIpc) is 2.69. The van der Waals surface area contributed by atoms with Crippen molar-refractivity contribution in [1.82, 2.24) is 5.32 Å². The summed E-state index contributed by atoms with van der Waals surface area (Å²) in [5.74, 6) is 0.566. The Morgan fingerprint density at radius 3 is 3.21 bits per heavy atom. The van der Waals surface area contributed by atoms with Gasteiger partial charge in [0, 0.05) is 19.2 Å². The van der Waals surface area contributed by atoms with E-state index in [2.05, 4.69) is 15.0 Å². The molecule has 0 aliphatic carbocycles. The van der Waals surface area contributed by atoms with Gasteiger partial charge < -0.3 is 14.8 Å². The van der Waals surface area contributed by atoms with Crippen LogP contribution in [-0.4, -0.2) is 32.1 Å². The first-order valence-electron chi connectivity index (χ1n) is 4.46. The molecule has 0 amide bonds. The standard InChI is InChI=1S/C9H14N2O3/c1-13-9(12)7-14-6-5-11-8-3-2-4-10-8/h5-6H,2-4,7H2,1H3,(H,10,11). The summed E-state index contributed by atoms with van der Waals surface area (Å²) in [6.45, 7) is 0.820. The van der Waals surface area contributed by atoms with E-state index in [1.165, 1.54) is 13.4 Å². The topological polar surface area (TPSA) is 59.9 Å². The van der Waals surface area contributed by atoms with Gasteiger partial charge >= 0.3 is 5.97 Å². The van der Waals surface area contributed by atoms with Crippen LogP contribution in [0.25, 0.3) is 0 Å². The highest BCUT2D eigenvalue weighted by molar-refractivity contribution is 5.84. The van der Waals surface area contributed by atoms with Crippen molar-refractivity contribution in [1.29, 1.82) is 0 Å². The van der Waals surface area contributed by atoms with Crippen molar-refractivity contribution in [2.24, 2.45) is 4.99 Å². The maximum Gasteiger partial charge on any atom is 0.343 e. The molecule has 0 radical (unpaired) electrons. The third-order valence-electron chi connectivity index (χ3n) is 1.72. The zero-order valence-corrected chi connectivity index (χ0v) is 8.16. The van der Waals surface area contributed by atoms with Crippen LogP contribution in [0.4, 0.5) is 0 Å². The van der Waals surface area contributed by atoms with Gasteiger partial charge in [-0.15, -0.1) is 0 Å². The molecule has 1 heterocycles. The van der Waals surface area contributed by atoms with Gasteiger partial charge in [0.25, 0.3) is 0 Å². The first kappa shape index (κ1) is 10.6. The van der Waals surface area contributed by atoms with Crippen LogP contribution in [-0.2, 0) is 14.3 Å². The van der Waals surface area contributed by atoms with E-state index in [0.29, 0.717) is 0 Å². The summed E-state index contributed by atoms with van der Waals surface area (Å²) in [5.41, 5.74) is 0. The third kappa shape index (κ3) is 3.93. The van der Waals surface area contributed by atoms with Crippen molar-refractivity contribution in [3.05, 3.63) is 12.5 Å². The van der Waals surface area contributed by atoms with Gasteiger partial charge in [0.2, 0.25) is 0 Å². The molecule has 0 aromatic heterocycles. The highest BCUT2D eigenvalue weighted by atomic mass is 16.6. The van der Waals surface area contributed by atoms with Gasteiger partial charge in [0.1, 0.15) is 5.84 Å². The third-order valence-corrected chi connectivity index (χ3v) is 1.72. The largest absolute Gasteiger partial charge is 0.488 e. The number of nitrogens with one attached hydrogen (secondary N) is 1. The molecular formula is C9H14N2O3. The predicted molar refractivity (Wildman–Crippen MR) is 51.8 cm³/mol. The van der Waals surface area contributed by atoms with Crippen LogP contribution in [0.1, 0.15) is 12.8 Å². The van der Waals surface area contributed by atoms with Crippen LogP contribution >= 0.6 is 0 Å². The number of amidine groups is 1. The van der Waals surface area contributed by atoms with Crippen LogP contribution in [0, 0.1) is 0 Å². The first-order valence-corrected chi connectivity index (χ1v) is 4.46. The molecule has 0 saturated carbocycles. The van der Waals surface area contributed by atoms with Crippen LogP contribution in [0.15, 0.2) is 17.5 Å². The molecule has 0 unspecified atom stereocenters. The maximum atomic E-state index is 10.6. The van der Waals surface area contributed by atoms with E-state index in [1.807, 2.05) is 0 Å². The van der Waals surface area contributed by atoms with E-state index in [9.17, 15) is 4.79 Å². The van der Waals surface area contributed by atoms with Crippen LogP contribution in [0.5, 0.6) is 0 Å². The summed E-state index contributed by atoms with van der Waals surface area (Å²) in [7, 11) is 1.32. The molecule has 5 nitrogen and oxygen atoms in total. The first-order chi connectivity index (χ1) is 6.83. The molecule has 5 heteroatoms. The number of aliphatic imine (C=N–C) groups is 1. The van der Waals surface area contributed by atoms with Gasteiger partial charge in [-0.2, -0.15) is 0 Å². The van der Waals surface area contributed by atoms with Crippen LogP contribution in [0.3, 0.4) is 0 Å².